The van der Waals surface area contributed by atoms with E-state index in [9.17, 15) is 4.79 Å². The largest absolute Gasteiger partial charge is 0.459 e. The number of hydrogen-bond donors (Lipinski definition) is 0. The summed E-state index contributed by atoms with van der Waals surface area (Å²) in [5, 5.41) is 0. The first-order valence-corrected chi connectivity index (χ1v) is 5.99. The van der Waals surface area contributed by atoms with Gasteiger partial charge in [-0.1, -0.05) is 37.3 Å². The molecule has 17 heavy (non-hydrogen) atoms. The van der Waals surface area contributed by atoms with Crippen molar-refractivity contribution < 1.29 is 9.53 Å². The fourth-order valence-corrected chi connectivity index (χ4v) is 1.66. The molecule has 0 saturated heterocycles. The molecule has 1 radical (unpaired) electrons. The predicted octanol–water partition coefficient (Wildman–Crippen LogP) is 3.73. The second-order valence-electron chi connectivity index (χ2n) is 5.14. The highest BCUT2D eigenvalue weighted by Gasteiger charge is 2.25. The number of carbonyl (C=O) groups excluding carboxylic acids is 1. The molecule has 0 spiro atoms. The van der Waals surface area contributed by atoms with Crippen molar-refractivity contribution in [2.75, 3.05) is 0 Å². The zero-order valence-electron chi connectivity index (χ0n) is 11.1. The topological polar surface area (TPSA) is 26.3 Å². The quantitative estimate of drug-likeness (QED) is 0.741. The van der Waals surface area contributed by atoms with E-state index in [4.69, 9.17) is 4.74 Å². The lowest BCUT2D eigenvalue weighted by atomic mass is 9.94. The highest BCUT2D eigenvalue weighted by atomic mass is 16.6. The van der Waals surface area contributed by atoms with Crippen LogP contribution in [0.4, 0.5) is 0 Å². The lowest BCUT2D eigenvalue weighted by molar-refractivity contribution is -0.156. The first kappa shape index (κ1) is 13.8. The SMILES string of the molecule is C[CH]CC(C(=O)OC(C)(C)C)c1ccccc1. The third kappa shape index (κ3) is 4.59. The average Bonchev–Trinajstić information content (AvgIpc) is 2.24. The van der Waals surface area contributed by atoms with Crippen molar-refractivity contribution in [1.82, 2.24) is 0 Å². The monoisotopic (exact) mass is 233 g/mol. The lowest BCUT2D eigenvalue weighted by Gasteiger charge is -2.24. The highest BCUT2D eigenvalue weighted by molar-refractivity contribution is 5.78. The summed E-state index contributed by atoms with van der Waals surface area (Å²) in [6, 6.07) is 9.78. The third-order valence-corrected chi connectivity index (χ3v) is 2.36. The molecular weight excluding hydrogens is 212 g/mol. The van der Waals surface area contributed by atoms with E-state index in [1.165, 1.54) is 0 Å². The Balaban J connectivity index is 2.83. The molecule has 1 rings (SSSR count). The molecule has 1 aromatic carbocycles. The van der Waals surface area contributed by atoms with E-state index in [-0.39, 0.29) is 11.9 Å². The minimum atomic E-state index is -0.433. The minimum Gasteiger partial charge on any atom is -0.459 e. The molecule has 0 fully saturated rings. The van der Waals surface area contributed by atoms with Crippen LogP contribution in [0.3, 0.4) is 0 Å². The molecule has 93 valence electrons. The van der Waals surface area contributed by atoms with Gasteiger partial charge in [0.1, 0.15) is 5.60 Å². The Hall–Kier alpha value is -1.31. The standard InChI is InChI=1S/C15H21O2/c1-5-9-13(12-10-7-6-8-11-12)14(16)17-15(2,3)4/h5-8,10-11,13H,9H2,1-4H3. The Labute approximate surface area is 104 Å². The molecule has 0 heterocycles. The van der Waals surface area contributed by atoms with Gasteiger partial charge in [-0.05, 0) is 39.2 Å². The van der Waals surface area contributed by atoms with Crippen LogP contribution in [0.15, 0.2) is 30.3 Å². The maximum Gasteiger partial charge on any atom is 0.313 e. The summed E-state index contributed by atoms with van der Waals surface area (Å²) in [5.41, 5.74) is 0.581. The van der Waals surface area contributed by atoms with Crippen LogP contribution in [0, 0.1) is 6.42 Å². The van der Waals surface area contributed by atoms with Crippen LogP contribution in [-0.2, 0) is 9.53 Å². The smallest absolute Gasteiger partial charge is 0.313 e. The van der Waals surface area contributed by atoms with Gasteiger partial charge in [0.15, 0.2) is 0 Å². The Kier molecular flexibility index (Phi) is 4.73. The van der Waals surface area contributed by atoms with Crippen LogP contribution in [0.1, 0.15) is 45.6 Å². The van der Waals surface area contributed by atoms with Gasteiger partial charge in [-0.3, -0.25) is 4.79 Å². The predicted molar refractivity (Wildman–Crippen MR) is 69.6 cm³/mol. The van der Waals surface area contributed by atoms with Crippen molar-refractivity contribution >= 4 is 5.97 Å². The van der Waals surface area contributed by atoms with Gasteiger partial charge < -0.3 is 4.74 Å². The van der Waals surface area contributed by atoms with Crippen LogP contribution >= 0.6 is 0 Å². The van der Waals surface area contributed by atoms with Gasteiger partial charge in [-0.25, -0.2) is 0 Å². The lowest BCUT2D eigenvalue weighted by Crippen LogP contribution is -2.27. The second kappa shape index (κ2) is 5.85. The Bertz CT molecular complexity index is 349. The number of rotatable bonds is 4. The summed E-state index contributed by atoms with van der Waals surface area (Å²) in [5.74, 6) is -0.345. The average molecular weight is 233 g/mol. The zero-order valence-corrected chi connectivity index (χ0v) is 11.1. The maximum absolute atomic E-state index is 12.1. The van der Waals surface area contributed by atoms with Gasteiger partial charge in [-0.2, -0.15) is 0 Å². The molecule has 0 aliphatic heterocycles. The highest BCUT2D eigenvalue weighted by Crippen LogP contribution is 2.24. The van der Waals surface area contributed by atoms with Crippen molar-refractivity contribution in [2.45, 2.75) is 45.6 Å². The molecule has 0 N–H and O–H groups in total. The van der Waals surface area contributed by atoms with Crippen LogP contribution < -0.4 is 0 Å². The van der Waals surface area contributed by atoms with Crippen LogP contribution in [0.25, 0.3) is 0 Å². The number of esters is 1. The summed E-state index contributed by atoms with van der Waals surface area (Å²) >= 11 is 0. The second-order valence-corrected chi connectivity index (χ2v) is 5.14. The normalized spacial score (nSPS) is 13.2. The summed E-state index contributed by atoms with van der Waals surface area (Å²) in [4.78, 5) is 12.1. The molecule has 1 aromatic rings. The molecule has 0 aliphatic rings. The summed E-state index contributed by atoms with van der Waals surface area (Å²) in [7, 11) is 0. The molecule has 0 amide bonds. The minimum absolute atomic E-state index is 0.151. The first-order valence-electron chi connectivity index (χ1n) is 5.99. The molecule has 0 aromatic heterocycles. The zero-order chi connectivity index (χ0) is 12.9. The molecule has 2 nitrogen and oxygen atoms in total. The fourth-order valence-electron chi connectivity index (χ4n) is 1.66. The van der Waals surface area contributed by atoms with Gasteiger partial charge in [0, 0.05) is 0 Å². The molecule has 0 saturated carbocycles. The molecular formula is C15H21O2. The van der Waals surface area contributed by atoms with E-state index in [2.05, 4.69) is 0 Å². The molecule has 2 heteroatoms. The van der Waals surface area contributed by atoms with Crippen molar-refractivity contribution in [3.63, 3.8) is 0 Å². The Morgan fingerprint density at radius 1 is 1.29 bits per heavy atom. The number of hydrogen-bond acceptors (Lipinski definition) is 2. The van der Waals surface area contributed by atoms with Gasteiger partial charge in [-0.15, -0.1) is 0 Å². The van der Waals surface area contributed by atoms with Crippen LogP contribution in [0.5, 0.6) is 0 Å². The number of ether oxygens (including phenoxy) is 1. The van der Waals surface area contributed by atoms with Crippen molar-refractivity contribution in [3.8, 4) is 0 Å². The Morgan fingerprint density at radius 3 is 2.35 bits per heavy atom. The van der Waals surface area contributed by atoms with E-state index in [0.717, 1.165) is 5.56 Å². The fraction of sp³-hybridized carbons (Fsp3) is 0.467. The Morgan fingerprint density at radius 2 is 1.88 bits per heavy atom. The van der Waals surface area contributed by atoms with Gasteiger partial charge in [0.2, 0.25) is 0 Å². The van der Waals surface area contributed by atoms with Gasteiger partial charge in [0.05, 0.1) is 5.92 Å². The van der Waals surface area contributed by atoms with Crippen molar-refractivity contribution in [1.29, 1.82) is 0 Å². The van der Waals surface area contributed by atoms with E-state index < -0.39 is 5.60 Å². The maximum atomic E-state index is 12.1. The van der Waals surface area contributed by atoms with E-state index in [0.29, 0.717) is 6.42 Å². The first-order chi connectivity index (χ1) is 7.94. The summed E-state index contributed by atoms with van der Waals surface area (Å²) in [6.45, 7) is 7.63. The molecule has 0 aliphatic carbocycles. The van der Waals surface area contributed by atoms with Gasteiger partial charge in [0.25, 0.3) is 0 Å². The van der Waals surface area contributed by atoms with E-state index >= 15 is 0 Å². The van der Waals surface area contributed by atoms with E-state index in [1.54, 1.807) is 0 Å². The van der Waals surface area contributed by atoms with Crippen molar-refractivity contribution in [2.24, 2.45) is 0 Å². The molecule has 1 atom stereocenters. The summed E-state index contributed by atoms with van der Waals surface area (Å²) < 4.78 is 5.45. The third-order valence-electron chi connectivity index (χ3n) is 2.36. The van der Waals surface area contributed by atoms with Gasteiger partial charge >= 0.3 is 5.97 Å². The summed E-state index contributed by atoms with van der Waals surface area (Å²) in [6.07, 6.45) is 2.71. The number of carbonyl (C=O) groups is 1. The van der Waals surface area contributed by atoms with E-state index in [1.807, 2.05) is 64.4 Å². The van der Waals surface area contributed by atoms with Crippen LogP contribution in [0.2, 0.25) is 0 Å². The number of benzene rings is 1. The van der Waals surface area contributed by atoms with Crippen LogP contribution in [-0.4, -0.2) is 11.6 Å². The molecule has 1 unspecified atom stereocenters. The van der Waals surface area contributed by atoms with Crippen molar-refractivity contribution in [3.05, 3.63) is 42.3 Å². The molecule has 0 bridgehead atoms.